The molecule has 0 spiro atoms. The third kappa shape index (κ3) is 2.31. The van der Waals surface area contributed by atoms with Crippen LogP contribution in [0, 0.1) is 12.3 Å². The van der Waals surface area contributed by atoms with Crippen LogP contribution in [0.2, 0.25) is 0 Å². The Bertz CT molecular complexity index is 176. The molecule has 0 bridgehead atoms. The summed E-state index contributed by atoms with van der Waals surface area (Å²) in [5.74, 6) is 1.59. The predicted molar refractivity (Wildman–Crippen MR) is 36.9 cm³/mol. The van der Waals surface area contributed by atoms with Crippen molar-refractivity contribution in [2.75, 3.05) is 6.54 Å². The number of nitrogens with zero attached hydrogens (tertiary/aromatic N) is 1. The van der Waals surface area contributed by atoms with Gasteiger partial charge in [0.2, 0.25) is 11.8 Å². The second-order valence-electron chi connectivity index (χ2n) is 1.83. The summed E-state index contributed by atoms with van der Waals surface area (Å²) in [4.78, 5) is 22.2. The summed E-state index contributed by atoms with van der Waals surface area (Å²) in [6.07, 6.45) is 4.91. The summed E-state index contributed by atoms with van der Waals surface area (Å²) >= 11 is 0. The number of carbonyl (C=O) groups is 2. The number of imide groups is 1. The van der Waals surface area contributed by atoms with Crippen LogP contribution in [0.3, 0.4) is 0 Å². The van der Waals surface area contributed by atoms with Crippen LogP contribution in [0.15, 0.2) is 0 Å². The third-order valence-electron chi connectivity index (χ3n) is 1.01. The van der Waals surface area contributed by atoms with Gasteiger partial charge in [-0.3, -0.25) is 14.5 Å². The molecule has 0 saturated carbocycles. The molecule has 0 aliphatic rings. The number of terminal acetylenes is 1. The number of hydrogen-bond acceptors (Lipinski definition) is 2. The highest BCUT2D eigenvalue weighted by atomic mass is 16.2. The summed E-state index contributed by atoms with van der Waals surface area (Å²) < 4.78 is 0. The van der Waals surface area contributed by atoms with Gasteiger partial charge in [-0.1, -0.05) is 5.92 Å². The molecular formula is C7H9NO2. The molecule has 0 aromatic carbocycles. The van der Waals surface area contributed by atoms with Gasteiger partial charge < -0.3 is 0 Å². The fourth-order valence-corrected chi connectivity index (χ4v) is 0.536. The van der Waals surface area contributed by atoms with Crippen LogP contribution in [-0.4, -0.2) is 23.3 Å². The van der Waals surface area contributed by atoms with Crippen molar-refractivity contribution in [1.29, 1.82) is 0 Å². The van der Waals surface area contributed by atoms with Crippen molar-refractivity contribution < 1.29 is 9.59 Å². The lowest BCUT2D eigenvalue weighted by atomic mass is 10.4. The zero-order valence-electron chi connectivity index (χ0n) is 6.05. The Morgan fingerprint density at radius 1 is 1.40 bits per heavy atom. The van der Waals surface area contributed by atoms with Crippen LogP contribution in [-0.2, 0) is 9.59 Å². The summed E-state index contributed by atoms with van der Waals surface area (Å²) in [5.41, 5.74) is 0. The van der Waals surface area contributed by atoms with Crippen LogP contribution < -0.4 is 0 Å². The monoisotopic (exact) mass is 139 g/mol. The number of carbonyl (C=O) groups excluding carboxylic acids is 2. The predicted octanol–water partition coefficient (Wildman–Crippen LogP) is 0.0146. The van der Waals surface area contributed by atoms with E-state index in [9.17, 15) is 9.59 Å². The van der Waals surface area contributed by atoms with Gasteiger partial charge in [-0.05, 0) is 0 Å². The topological polar surface area (TPSA) is 37.4 Å². The maximum atomic E-state index is 10.6. The lowest BCUT2D eigenvalue weighted by molar-refractivity contribution is -0.141. The molecule has 0 heterocycles. The number of amides is 2. The highest BCUT2D eigenvalue weighted by Gasteiger charge is 2.10. The molecule has 0 atom stereocenters. The Balaban J connectivity index is 4.15. The molecule has 0 unspecified atom stereocenters. The first-order valence-corrected chi connectivity index (χ1v) is 2.81. The summed E-state index contributed by atoms with van der Waals surface area (Å²) in [6, 6.07) is 0. The van der Waals surface area contributed by atoms with Crippen LogP contribution in [0.1, 0.15) is 13.8 Å². The lowest BCUT2D eigenvalue weighted by Crippen LogP contribution is -2.33. The van der Waals surface area contributed by atoms with Gasteiger partial charge in [-0.15, -0.1) is 6.42 Å². The minimum atomic E-state index is -0.314. The number of hydrogen-bond donors (Lipinski definition) is 0. The van der Waals surface area contributed by atoms with E-state index in [0.717, 1.165) is 4.90 Å². The SMILES string of the molecule is C#CCN(C(C)=O)C(C)=O. The molecule has 10 heavy (non-hydrogen) atoms. The zero-order chi connectivity index (χ0) is 8.15. The fraction of sp³-hybridized carbons (Fsp3) is 0.429. The average Bonchev–Trinajstić information content (AvgIpc) is 1.81. The first kappa shape index (κ1) is 8.70. The van der Waals surface area contributed by atoms with E-state index >= 15 is 0 Å². The van der Waals surface area contributed by atoms with Crippen molar-refractivity contribution in [3.05, 3.63) is 0 Å². The minimum absolute atomic E-state index is 0.0602. The van der Waals surface area contributed by atoms with E-state index in [1.165, 1.54) is 13.8 Å². The largest absolute Gasteiger partial charge is 0.275 e. The second-order valence-corrected chi connectivity index (χ2v) is 1.83. The quantitative estimate of drug-likeness (QED) is 0.480. The van der Waals surface area contributed by atoms with Gasteiger partial charge in [0, 0.05) is 13.8 Å². The van der Waals surface area contributed by atoms with E-state index in [1.807, 2.05) is 0 Å². The molecule has 0 fully saturated rings. The van der Waals surface area contributed by atoms with Crippen molar-refractivity contribution >= 4 is 11.8 Å². The Morgan fingerprint density at radius 2 is 1.80 bits per heavy atom. The van der Waals surface area contributed by atoms with E-state index in [-0.39, 0.29) is 18.4 Å². The molecule has 0 aliphatic heterocycles. The Kier molecular flexibility index (Phi) is 3.20. The van der Waals surface area contributed by atoms with E-state index in [1.54, 1.807) is 0 Å². The van der Waals surface area contributed by atoms with Gasteiger partial charge >= 0.3 is 0 Å². The molecule has 0 saturated heterocycles. The molecule has 0 N–H and O–H groups in total. The molecule has 3 nitrogen and oxygen atoms in total. The second kappa shape index (κ2) is 3.67. The fourth-order valence-electron chi connectivity index (χ4n) is 0.536. The lowest BCUT2D eigenvalue weighted by Gasteiger charge is -2.12. The van der Waals surface area contributed by atoms with Crippen LogP contribution in [0.4, 0.5) is 0 Å². The summed E-state index contributed by atoms with van der Waals surface area (Å²) in [5, 5.41) is 0. The van der Waals surface area contributed by atoms with Crippen molar-refractivity contribution in [2.45, 2.75) is 13.8 Å². The molecule has 0 radical (unpaired) electrons. The minimum Gasteiger partial charge on any atom is -0.275 e. The van der Waals surface area contributed by atoms with Crippen molar-refractivity contribution in [2.24, 2.45) is 0 Å². The van der Waals surface area contributed by atoms with Gasteiger partial charge in [0.05, 0.1) is 6.54 Å². The molecule has 54 valence electrons. The number of rotatable bonds is 1. The van der Waals surface area contributed by atoms with E-state index in [4.69, 9.17) is 6.42 Å². The average molecular weight is 139 g/mol. The first-order chi connectivity index (χ1) is 4.59. The highest BCUT2D eigenvalue weighted by molar-refractivity contribution is 5.93. The molecular weight excluding hydrogens is 130 g/mol. The molecule has 0 aromatic rings. The van der Waals surface area contributed by atoms with E-state index in [0.29, 0.717) is 0 Å². The molecule has 3 heteroatoms. The summed E-state index contributed by atoms with van der Waals surface area (Å²) in [6.45, 7) is 2.67. The maximum absolute atomic E-state index is 10.6. The van der Waals surface area contributed by atoms with Crippen LogP contribution >= 0.6 is 0 Å². The Morgan fingerprint density at radius 3 is 1.90 bits per heavy atom. The summed E-state index contributed by atoms with van der Waals surface area (Å²) in [7, 11) is 0. The normalized spacial score (nSPS) is 8.10. The standard InChI is InChI=1S/C7H9NO2/c1-4-5-8(6(2)9)7(3)10/h1H,5H2,2-3H3. The van der Waals surface area contributed by atoms with Crippen LogP contribution in [0.5, 0.6) is 0 Å². The molecule has 0 rings (SSSR count). The Labute approximate surface area is 60.0 Å². The van der Waals surface area contributed by atoms with E-state index < -0.39 is 0 Å². The first-order valence-electron chi connectivity index (χ1n) is 2.81. The van der Waals surface area contributed by atoms with E-state index in [2.05, 4.69) is 5.92 Å². The van der Waals surface area contributed by atoms with Crippen LogP contribution in [0.25, 0.3) is 0 Å². The third-order valence-corrected chi connectivity index (χ3v) is 1.01. The van der Waals surface area contributed by atoms with Crippen molar-refractivity contribution in [1.82, 2.24) is 4.90 Å². The van der Waals surface area contributed by atoms with Gasteiger partial charge in [0.1, 0.15) is 0 Å². The van der Waals surface area contributed by atoms with Gasteiger partial charge in [0.25, 0.3) is 0 Å². The van der Waals surface area contributed by atoms with Gasteiger partial charge in [-0.25, -0.2) is 0 Å². The zero-order valence-corrected chi connectivity index (χ0v) is 6.05. The molecule has 2 amide bonds. The molecule has 0 aromatic heterocycles. The van der Waals surface area contributed by atoms with Crippen molar-refractivity contribution in [3.63, 3.8) is 0 Å². The smallest absolute Gasteiger partial charge is 0.226 e. The maximum Gasteiger partial charge on any atom is 0.226 e. The van der Waals surface area contributed by atoms with Crippen molar-refractivity contribution in [3.8, 4) is 12.3 Å². The molecule has 0 aliphatic carbocycles. The van der Waals surface area contributed by atoms with Gasteiger partial charge in [-0.2, -0.15) is 0 Å². The Hall–Kier alpha value is -1.30. The highest BCUT2D eigenvalue weighted by Crippen LogP contribution is 1.87. The van der Waals surface area contributed by atoms with Gasteiger partial charge in [0.15, 0.2) is 0 Å².